The monoisotopic (exact) mass is 208 g/mol. The molecular weight excluding hydrogens is 191 g/mol. The molecule has 0 aromatic heterocycles. The largest absolute Gasteiger partial charge is 0.366 e. The lowest BCUT2D eigenvalue weighted by molar-refractivity contribution is 0.424. The summed E-state index contributed by atoms with van der Waals surface area (Å²) in [4.78, 5) is 2.25. The van der Waals surface area contributed by atoms with Gasteiger partial charge in [0, 0.05) is 30.9 Å². The van der Waals surface area contributed by atoms with Gasteiger partial charge in [-0.15, -0.1) is 0 Å². The van der Waals surface area contributed by atoms with Gasteiger partial charge in [-0.1, -0.05) is 6.07 Å². The second-order valence-electron chi connectivity index (χ2n) is 4.29. The lowest BCUT2D eigenvalue weighted by Gasteiger charge is -2.39. The van der Waals surface area contributed by atoms with E-state index in [-0.39, 0.29) is 5.82 Å². The summed E-state index contributed by atoms with van der Waals surface area (Å²) in [5.74, 6) is -0.161. The summed E-state index contributed by atoms with van der Waals surface area (Å²) in [6, 6.07) is 7.71. The van der Waals surface area contributed by atoms with Gasteiger partial charge in [-0.2, -0.15) is 0 Å². The molecule has 0 spiro atoms. The molecule has 0 bridgehead atoms. The first kappa shape index (κ1) is 10.4. The topological polar surface area (TPSA) is 15.3 Å². The molecule has 15 heavy (non-hydrogen) atoms. The summed E-state index contributed by atoms with van der Waals surface area (Å²) in [6.45, 7) is 6.20. The summed E-state index contributed by atoms with van der Waals surface area (Å²) in [7, 11) is 0. The van der Waals surface area contributed by atoms with Gasteiger partial charge in [0.1, 0.15) is 5.82 Å². The van der Waals surface area contributed by atoms with Crippen molar-refractivity contribution >= 4 is 5.69 Å². The van der Waals surface area contributed by atoms with Crippen LogP contribution in [0.3, 0.4) is 0 Å². The number of nitrogens with zero attached hydrogens (tertiary/aromatic N) is 1. The third kappa shape index (κ3) is 2.29. The Morgan fingerprint density at radius 3 is 2.93 bits per heavy atom. The molecule has 1 fully saturated rings. The number of piperazine rings is 1. The molecule has 1 saturated heterocycles. The molecule has 2 unspecified atom stereocenters. The van der Waals surface area contributed by atoms with Gasteiger partial charge < -0.3 is 10.2 Å². The molecule has 2 rings (SSSR count). The van der Waals surface area contributed by atoms with Gasteiger partial charge in [0.2, 0.25) is 0 Å². The minimum Gasteiger partial charge on any atom is -0.366 e. The number of hydrogen-bond acceptors (Lipinski definition) is 2. The van der Waals surface area contributed by atoms with Crippen LogP contribution >= 0.6 is 0 Å². The van der Waals surface area contributed by atoms with Gasteiger partial charge >= 0.3 is 0 Å². The first-order valence-electron chi connectivity index (χ1n) is 5.42. The molecule has 1 heterocycles. The van der Waals surface area contributed by atoms with E-state index in [2.05, 4.69) is 24.1 Å². The summed E-state index contributed by atoms with van der Waals surface area (Å²) in [5, 5.41) is 3.41. The average Bonchev–Trinajstić information content (AvgIpc) is 2.22. The fourth-order valence-corrected chi connectivity index (χ4v) is 2.04. The van der Waals surface area contributed by atoms with Gasteiger partial charge in [-0.05, 0) is 32.0 Å². The van der Waals surface area contributed by atoms with Crippen molar-refractivity contribution in [1.29, 1.82) is 0 Å². The highest BCUT2D eigenvalue weighted by atomic mass is 19.1. The highest BCUT2D eigenvalue weighted by Gasteiger charge is 2.22. The second-order valence-corrected chi connectivity index (χ2v) is 4.29. The van der Waals surface area contributed by atoms with Gasteiger partial charge in [-0.3, -0.25) is 0 Å². The van der Waals surface area contributed by atoms with E-state index >= 15 is 0 Å². The molecule has 82 valence electrons. The Hall–Kier alpha value is -1.09. The van der Waals surface area contributed by atoms with Gasteiger partial charge in [0.15, 0.2) is 0 Å². The lowest BCUT2D eigenvalue weighted by Crippen LogP contribution is -2.54. The van der Waals surface area contributed by atoms with Crippen LogP contribution < -0.4 is 10.2 Å². The summed E-state index contributed by atoms with van der Waals surface area (Å²) in [6.07, 6.45) is 0. The van der Waals surface area contributed by atoms with E-state index in [1.165, 1.54) is 6.07 Å². The van der Waals surface area contributed by atoms with Crippen LogP contribution in [0.25, 0.3) is 0 Å². The Morgan fingerprint density at radius 1 is 1.40 bits per heavy atom. The Balaban J connectivity index is 2.21. The zero-order valence-corrected chi connectivity index (χ0v) is 9.20. The third-order valence-corrected chi connectivity index (χ3v) is 2.90. The molecule has 2 nitrogen and oxygen atoms in total. The number of benzene rings is 1. The standard InChI is InChI=1S/C12H17FN2/c1-9-8-15(10(2)7-14-9)12-5-3-4-11(13)6-12/h3-6,9-10,14H,7-8H2,1-2H3. The maximum Gasteiger partial charge on any atom is 0.125 e. The number of halogens is 1. The number of hydrogen-bond donors (Lipinski definition) is 1. The van der Waals surface area contributed by atoms with Crippen LogP contribution in [0.5, 0.6) is 0 Å². The van der Waals surface area contributed by atoms with Crippen molar-refractivity contribution in [2.75, 3.05) is 18.0 Å². The van der Waals surface area contributed by atoms with Crippen molar-refractivity contribution in [3.63, 3.8) is 0 Å². The SMILES string of the molecule is CC1CN(c2cccc(F)c2)C(C)CN1. The van der Waals surface area contributed by atoms with Gasteiger partial charge in [0.25, 0.3) is 0 Å². The van der Waals surface area contributed by atoms with Crippen LogP contribution in [0.1, 0.15) is 13.8 Å². The Bertz CT molecular complexity index is 340. The van der Waals surface area contributed by atoms with Gasteiger partial charge in [-0.25, -0.2) is 4.39 Å². The van der Waals surface area contributed by atoms with Crippen LogP contribution in [0.4, 0.5) is 10.1 Å². The van der Waals surface area contributed by atoms with Crippen LogP contribution in [0, 0.1) is 5.82 Å². The van der Waals surface area contributed by atoms with Crippen LogP contribution in [-0.4, -0.2) is 25.2 Å². The molecule has 0 amide bonds. The smallest absolute Gasteiger partial charge is 0.125 e. The van der Waals surface area contributed by atoms with E-state index in [0.29, 0.717) is 12.1 Å². The van der Waals surface area contributed by atoms with Crippen molar-refractivity contribution in [2.45, 2.75) is 25.9 Å². The molecule has 1 aromatic rings. The van der Waals surface area contributed by atoms with E-state index in [1.54, 1.807) is 12.1 Å². The third-order valence-electron chi connectivity index (χ3n) is 2.90. The van der Waals surface area contributed by atoms with Crippen molar-refractivity contribution in [3.05, 3.63) is 30.1 Å². The Morgan fingerprint density at radius 2 is 2.20 bits per heavy atom. The first-order chi connectivity index (χ1) is 7.16. The van der Waals surface area contributed by atoms with Crippen LogP contribution in [0.15, 0.2) is 24.3 Å². The van der Waals surface area contributed by atoms with E-state index in [9.17, 15) is 4.39 Å². The normalized spacial score (nSPS) is 26.7. The molecule has 1 N–H and O–H groups in total. The van der Waals surface area contributed by atoms with Gasteiger partial charge in [0.05, 0.1) is 0 Å². The molecule has 0 aliphatic carbocycles. The Kier molecular flexibility index (Phi) is 2.91. The highest BCUT2D eigenvalue weighted by Crippen LogP contribution is 2.20. The van der Waals surface area contributed by atoms with E-state index < -0.39 is 0 Å². The molecule has 1 aliphatic heterocycles. The van der Waals surface area contributed by atoms with Crippen molar-refractivity contribution < 1.29 is 4.39 Å². The molecular formula is C12H17FN2. The van der Waals surface area contributed by atoms with E-state index in [0.717, 1.165) is 18.8 Å². The average molecular weight is 208 g/mol. The van der Waals surface area contributed by atoms with Crippen LogP contribution in [0.2, 0.25) is 0 Å². The zero-order valence-electron chi connectivity index (χ0n) is 9.20. The minimum absolute atomic E-state index is 0.161. The predicted octanol–water partition coefficient (Wildman–Crippen LogP) is 2.01. The quantitative estimate of drug-likeness (QED) is 0.759. The molecule has 0 saturated carbocycles. The zero-order chi connectivity index (χ0) is 10.8. The fourth-order valence-electron chi connectivity index (χ4n) is 2.04. The molecule has 2 atom stereocenters. The highest BCUT2D eigenvalue weighted by molar-refractivity contribution is 5.48. The van der Waals surface area contributed by atoms with Crippen molar-refractivity contribution in [1.82, 2.24) is 5.32 Å². The number of nitrogens with one attached hydrogen (secondary N) is 1. The van der Waals surface area contributed by atoms with Crippen molar-refractivity contribution in [3.8, 4) is 0 Å². The second kappa shape index (κ2) is 4.19. The number of rotatable bonds is 1. The van der Waals surface area contributed by atoms with E-state index in [1.807, 2.05) is 6.07 Å². The molecule has 3 heteroatoms. The van der Waals surface area contributed by atoms with E-state index in [4.69, 9.17) is 0 Å². The molecule has 1 aromatic carbocycles. The predicted molar refractivity (Wildman–Crippen MR) is 60.7 cm³/mol. The first-order valence-corrected chi connectivity index (χ1v) is 5.42. The molecule has 1 aliphatic rings. The number of anilines is 1. The van der Waals surface area contributed by atoms with Crippen molar-refractivity contribution in [2.24, 2.45) is 0 Å². The maximum atomic E-state index is 13.1. The molecule has 0 radical (unpaired) electrons. The minimum atomic E-state index is -0.161. The fraction of sp³-hybridized carbons (Fsp3) is 0.500. The summed E-state index contributed by atoms with van der Waals surface area (Å²) in [5.41, 5.74) is 0.982. The maximum absolute atomic E-state index is 13.1. The summed E-state index contributed by atoms with van der Waals surface area (Å²) < 4.78 is 13.1. The lowest BCUT2D eigenvalue weighted by atomic mass is 10.1. The Labute approximate surface area is 90.1 Å². The summed E-state index contributed by atoms with van der Waals surface area (Å²) >= 11 is 0. The van der Waals surface area contributed by atoms with Crippen LogP contribution in [-0.2, 0) is 0 Å².